The fraction of sp³-hybridized carbons (Fsp3) is 0.900. The van der Waals surface area contributed by atoms with Crippen LogP contribution in [-0.4, -0.2) is 46.8 Å². The molecule has 0 amide bonds. The highest BCUT2D eigenvalue weighted by Gasteiger charge is 2.62. The Balaban J connectivity index is 1.72. The van der Waals surface area contributed by atoms with Gasteiger partial charge in [0.15, 0.2) is 0 Å². The van der Waals surface area contributed by atoms with E-state index in [2.05, 4.69) is 13.8 Å². The molecule has 4 unspecified atom stereocenters. The third-order valence-corrected chi connectivity index (χ3v) is 8.36. The Bertz CT molecular complexity index is 546. The highest BCUT2D eigenvalue weighted by Crippen LogP contribution is 2.65. The monoisotopic (exact) mass is 336 g/mol. The summed E-state index contributed by atoms with van der Waals surface area (Å²) in [5, 5.41) is 31.8. The van der Waals surface area contributed by atoms with Gasteiger partial charge in [0.1, 0.15) is 0 Å². The van der Waals surface area contributed by atoms with E-state index in [1.54, 1.807) is 7.11 Å². The van der Waals surface area contributed by atoms with Gasteiger partial charge in [-0.1, -0.05) is 25.5 Å². The van der Waals surface area contributed by atoms with Crippen molar-refractivity contribution in [2.75, 3.05) is 7.11 Å². The Kier molecular flexibility index (Phi) is 3.93. The second kappa shape index (κ2) is 5.54. The van der Waals surface area contributed by atoms with Crippen molar-refractivity contribution in [2.45, 2.75) is 76.8 Å². The van der Waals surface area contributed by atoms with Crippen LogP contribution in [0.3, 0.4) is 0 Å². The summed E-state index contributed by atoms with van der Waals surface area (Å²) >= 11 is 0. The van der Waals surface area contributed by atoms with Gasteiger partial charge in [-0.25, -0.2) is 0 Å². The van der Waals surface area contributed by atoms with Crippen molar-refractivity contribution in [1.29, 1.82) is 0 Å². The maximum Gasteiger partial charge on any atom is 0.0857 e. The zero-order valence-corrected chi connectivity index (χ0v) is 15.1. The van der Waals surface area contributed by atoms with E-state index >= 15 is 0 Å². The van der Waals surface area contributed by atoms with E-state index in [-0.39, 0.29) is 29.0 Å². The molecule has 0 aromatic rings. The molecule has 24 heavy (non-hydrogen) atoms. The fourth-order valence-corrected chi connectivity index (χ4v) is 6.82. The highest BCUT2D eigenvalue weighted by atomic mass is 16.5. The topological polar surface area (TPSA) is 69.9 Å². The van der Waals surface area contributed by atoms with Crippen molar-refractivity contribution >= 4 is 0 Å². The quantitative estimate of drug-likeness (QED) is 0.643. The summed E-state index contributed by atoms with van der Waals surface area (Å²) in [7, 11) is 1.69. The average Bonchev–Trinajstić information content (AvgIpc) is 2.81. The first-order valence-corrected chi connectivity index (χ1v) is 9.59. The molecule has 0 heterocycles. The number of hydrogen-bond acceptors (Lipinski definition) is 4. The molecule has 0 saturated heterocycles. The van der Waals surface area contributed by atoms with Gasteiger partial charge in [0.2, 0.25) is 0 Å². The van der Waals surface area contributed by atoms with Crippen LogP contribution in [0.1, 0.15) is 52.4 Å². The summed E-state index contributed by atoms with van der Waals surface area (Å²) in [6.45, 7) is 4.53. The van der Waals surface area contributed by atoms with Crippen LogP contribution in [0.25, 0.3) is 0 Å². The summed E-state index contributed by atoms with van der Waals surface area (Å²) in [4.78, 5) is 0. The molecule has 4 aliphatic carbocycles. The van der Waals surface area contributed by atoms with Crippen LogP contribution in [0.15, 0.2) is 11.6 Å². The van der Waals surface area contributed by atoms with Crippen LogP contribution in [0.4, 0.5) is 0 Å². The van der Waals surface area contributed by atoms with E-state index in [0.29, 0.717) is 18.3 Å². The smallest absolute Gasteiger partial charge is 0.0857 e. The van der Waals surface area contributed by atoms with Gasteiger partial charge in [-0.3, -0.25) is 0 Å². The molecule has 4 nitrogen and oxygen atoms in total. The highest BCUT2D eigenvalue weighted by molar-refractivity contribution is 5.28. The van der Waals surface area contributed by atoms with Crippen LogP contribution >= 0.6 is 0 Å². The van der Waals surface area contributed by atoms with Crippen LogP contribution in [0, 0.1) is 28.6 Å². The first-order valence-electron chi connectivity index (χ1n) is 9.59. The number of ether oxygens (including phenoxy) is 1. The average molecular weight is 336 g/mol. The zero-order chi connectivity index (χ0) is 17.3. The minimum Gasteiger partial charge on any atom is -0.393 e. The molecule has 4 heteroatoms. The third kappa shape index (κ3) is 2.13. The van der Waals surface area contributed by atoms with Crippen LogP contribution in [0.5, 0.6) is 0 Å². The Morgan fingerprint density at radius 3 is 2.54 bits per heavy atom. The van der Waals surface area contributed by atoms with Crippen LogP contribution in [-0.2, 0) is 4.74 Å². The molecule has 0 aromatic carbocycles. The van der Waals surface area contributed by atoms with Crippen LogP contribution < -0.4 is 0 Å². The van der Waals surface area contributed by atoms with Gasteiger partial charge in [0.05, 0.1) is 24.4 Å². The molecule has 3 saturated carbocycles. The van der Waals surface area contributed by atoms with E-state index in [9.17, 15) is 15.3 Å². The lowest BCUT2D eigenvalue weighted by molar-refractivity contribution is -0.111. The molecule has 4 rings (SSSR count). The van der Waals surface area contributed by atoms with Gasteiger partial charge in [-0.05, 0) is 67.1 Å². The van der Waals surface area contributed by atoms with Crippen molar-refractivity contribution in [3.8, 4) is 0 Å². The van der Waals surface area contributed by atoms with Crippen molar-refractivity contribution in [2.24, 2.45) is 28.6 Å². The van der Waals surface area contributed by atoms with Gasteiger partial charge >= 0.3 is 0 Å². The number of methoxy groups -OCH3 is 1. The molecule has 0 aliphatic heterocycles. The molecule has 3 N–H and O–H groups in total. The number of aliphatic hydroxyl groups excluding tert-OH is 3. The minimum atomic E-state index is -0.462. The summed E-state index contributed by atoms with van der Waals surface area (Å²) < 4.78 is 5.56. The SMILES string of the molecule is COC1C[C@H]2[C@@H]3C(O)C=C4CC(O)CC[C@]4(C)[C@@H]3CC[C@]2(C)C1O. The van der Waals surface area contributed by atoms with Gasteiger partial charge in [-0.15, -0.1) is 0 Å². The zero-order valence-electron chi connectivity index (χ0n) is 15.1. The molecule has 4 aliphatic rings. The van der Waals surface area contributed by atoms with Crippen molar-refractivity contribution < 1.29 is 20.1 Å². The Labute approximate surface area is 144 Å². The second-order valence-corrected chi connectivity index (χ2v) is 9.29. The number of hydrogen-bond donors (Lipinski definition) is 3. The van der Waals surface area contributed by atoms with Gasteiger partial charge in [0.25, 0.3) is 0 Å². The standard InChI is InChI=1S/C20H32O4/c1-19-6-4-12(21)8-11(19)9-15(22)17-13(19)5-7-20(2)14(17)10-16(24-3)18(20)23/h9,12-18,21-23H,4-8,10H2,1-3H3/t12?,13-,14+,15?,16?,17-,18?,19+,20+/m1/s1. The maximum atomic E-state index is 11.0. The fourth-order valence-electron chi connectivity index (χ4n) is 6.82. The molecule has 0 radical (unpaired) electrons. The van der Waals surface area contributed by atoms with Crippen molar-refractivity contribution in [3.63, 3.8) is 0 Å². The first kappa shape index (κ1) is 17.0. The molecule has 0 spiro atoms. The van der Waals surface area contributed by atoms with Crippen molar-refractivity contribution in [1.82, 2.24) is 0 Å². The molecular formula is C20H32O4. The predicted molar refractivity (Wildman–Crippen MR) is 91.3 cm³/mol. The number of fused-ring (bicyclic) bond motifs is 5. The predicted octanol–water partition coefficient (Wildman–Crippen LogP) is 2.27. The number of aliphatic hydroxyl groups is 3. The molecule has 0 bridgehead atoms. The lowest BCUT2D eigenvalue weighted by Gasteiger charge is -2.58. The van der Waals surface area contributed by atoms with E-state index < -0.39 is 12.2 Å². The largest absolute Gasteiger partial charge is 0.393 e. The molecule has 9 atom stereocenters. The lowest BCUT2D eigenvalue weighted by Crippen LogP contribution is -2.55. The van der Waals surface area contributed by atoms with E-state index in [1.807, 2.05) is 6.08 Å². The second-order valence-electron chi connectivity index (χ2n) is 9.29. The summed E-state index contributed by atoms with van der Waals surface area (Å²) in [5.74, 6) is 0.941. The molecule has 0 aromatic heterocycles. The first-order chi connectivity index (χ1) is 11.3. The molecular weight excluding hydrogens is 304 g/mol. The minimum absolute atomic E-state index is 0.0978. The third-order valence-electron chi connectivity index (χ3n) is 8.36. The Hall–Kier alpha value is -0.420. The summed E-state index contributed by atoms with van der Waals surface area (Å²) in [6, 6.07) is 0. The Morgan fingerprint density at radius 1 is 1.08 bits per heavy atom. The lowest BCUT2D eigenvalue weighted by atomic mass is 9.47. The Morgan fingerprint density at radius 2 is 1.83 bits per heavy atom. The van der Waals surface area contributed by atoms with Gasteiger partial charge in [-0.2, -0.15) is 0 Å². The van der Waals surface area contributed by atoms with Gasteiger partial charge < -0.3 is 20.1 Å². The molecule has 136 valence electrons. The van der Waals surface area contributed by atoms with Crippen LogP contribution in [0.2, 0.25) is 0 Å². The van der Waals surface area contributed by atoms with E-state index in [4.69, 9.17) is 4.74 Å². The maximum absolute atomic E-state index is 11.0. The van der Waals surface area contributed by atoms with Gasteiger partial charge in [0, 0.05) is 7.11 Å². The summed E-state index contributed by atoms with van der Waals surface area (Å²) in [5.41, 5.74) is 1.21. The van der Waals surface area contributed by atoms with Crippen molar-refractivity contribution in [3.05, 3.63) is 11.6 Å². The van der Waals surface area contributed by atoms with E-state index in [0.717, 1.165) is 32.1 Å². The molecule has 3 fully saturated rings. The normalized spacial score (nSPS) is 56.9. The van der Waals surface area contributed by atoms with E-state index in [1.165, 1.54) is 5.57 Å². The summed E-state index contributed by atoms with van der Waals surface area (Å²) in [6.07, 6.45) is 6.24. The number of rotatable bonds is 1.